The van der Waals surface area contributed by atoms with Crippen molar-refractivity contribution in [2.24, 2.45) is 0 Å². The van der Waals surface area contributed by atoms with Crippen LogP contribution in [0.25, 0.3) is 0 Å². The van der Waals surface area contributed by atoms with Gasteiger partial charge in [0.05, 0.1) is 16.8 Å². The fourth-order valence-corrected chi connectivity index (χ4v) is 2.88. The van der Waals surface area contributed by atoms with Crippen molar-refractivity contribution in [3.63, 3.8) is 0 Å². The molecule has 0 radical (unpaired) electrons. The maximum atomic E-state index is 13.2. The summed E-state index contributed by atoms with van der Waals surface area (Å²) in [6, 6.07) is 15.5. The van der Waals surface area contributed by atoms with Gasteiger partial charge in [-0.25, -0.2) is 4.79 Å². The summed E-state index contributed by atoms with van der Waals surface area (Å²) >= 11 is 5.84. The monoisotopic (exact) mass is 419 g/mol. The summed E-state index contributed by atoms with van der Waals surface area (Å²) in [6.07, 6.45) is -4.63. The first kappa shape index (κ1) is 20.4. The maximum Gasteiger partial charge on any atom is 0.416 e. The number of carboxylic acid groups (broad SMARTS) is 1. The van der Waals surface area contributed by atoms with E-state index in [1.807, 2.05) is 0 Å². The first-order chi connectivity index (χ1) is 13.7. The molecule has 3 aromatic carbocycles. The topological polar surface area (TPSA) is 57.6 Å². The first-order valence-corrected chi connectivity index (χ1v) is 8.66. The third-order valence-electron chi connectivity index (χ3n) is 4.10. The number of anilines is 2. The molecular weight excluding hydrogens is 407 g/mol. The Morgan fingerprint density at radius 2 is 1.55 bits per heavy atom. The van der Waals surface area contributed by atoms with Crippen molar-refractivity contribution < 1.29 is 27.9 Å². The van der Waals surface area contributed by atoms with Crippen molar-refractivity contribution in [1.82, 2.24) is 0 Å². The zero-order valence-electron chi connectivity index (χ0n) is 14.7. The number of carboxylic acids is 1. The molecule has 29 heavy (non-hydrogen) atoms. The molecule has 0 aliphatic rings. The van der Waals surface area contributed by atoms with Gasteiger partial charge in [0.15, 0.2) is 0 Å². The summed E-state index contributed by atoms with van der Waals surface area (Å²) in [4.78, 5) is 25.8. The molecule has 1 amide bonds. The fourth-order valence-electron chi connectivity index (χ4n) is 2.76. The van der Waals surface area contributed by atoms with Crippen LogP contribution >= 0.6 is 11.6 Å². The number of rotatable bonds is 4. The average Bonchev–Trinajstić information content (AvgIpc) is 2.68. The number of benzene rings is 3. The molecule has 0 saturated heterocycles. The Morgan fingerprint density at radius 3 is 2.17 bits per heavy atom. The van der Waals surface area contributed by atoms with E-state index in [4.69, 9.17) is 11.6 Å². The SMILES string of the molecule is O=C(O)c1ccccc1N(C(=O)c1ccc(Cl)cc1)c1cccc(C(F)(F)F)c1. The predicted molar refractivity (Wildman–Crippen MR) is 103 cm³/mol. The van der Waals surface area contributed by atoms with Crippen LogP contribution < -0.4 is 4.90 Å². The highest BCUT2D eigenvalue weighted by molar-refractivity contribution is 6.30. The van der Waals surface area contributed by atoms with Crippen LogP contribution in [-0.2, 0) is 6.18 Å². The quantitative estimate of drug-likeness (QED) is 0.561. The Hall–Kier alpha value is -3.32. The molecule has 3 rings (SSSR count). The van der Waals surface area contributed by atoms with E-state index in [2.05, 4.69) is 0 Å². The minimum atomic E-state index is -4.63. The average molecular weight is 420 g/mol. The number of nitrogens with zero attached hydrogens (tertiary/aromatic N) is 1. The summed E-state index contributed by atoms with van der Waals surface area (Å²) in [5.74, 6) is -2.02. The van der Waals surface area contributed by atoms with Crippen molar-refractivity contribution in [2.75, 3.05) is 4.90 Å². The molecule has 4 nitrogen and oxygen atoms in total. The van der Waals surface area contributed by atoms with E-state index in [1.165, 1.54) is 54.6 Å². The van der Waals surface area contributed by atoms with E-state index in [1.54, 1.807) is 0 Å². The van der Waals surface area contributed by atoms with Gasteiger partial charge in [0.2, 0.25) is 0 Å². The second-order valence-electron chi connectivity index (χ2n) is 6.02. The molecule has 0 aliphatic heterocycles. The van der Waals surface area contributed by atoms with Gasteiger partial charge >= 0.3 is 12.1 Å². The Bertz CT molecular complexity index is 1070. The number of hydrogen-bond donors (Lipinski definition) is 1. The lowest BCUT2D eigenvalue weighted by molar-refractivity contribution is -0.137. The lowest BCUT2D eigenvalue weighted by Gasteiger charge is -2.25. The number of alkyl halides is 3. The molecule has 8 heteroatoms. The lowest BCUT2D eigenvalue weighted by atomic mass is 10.1. The smallest absolute Gasteiger partial charge is 0.416 e. The maximum absolute atomic E-state index is 13.2. The molecule has 0 spiro atoms. The van der Waals surface area contributed by atoms with Crippen molar-refractivity contribution in [1.29, 1.82) is 0 Å². The highest BCUT2D eigenvalue weighted by Gasteiger charge is 2.32. The molecule has 3 aromatic rings. The van der Waals surface area contributed by atoms with Crippen LogP contribution in [-0.4, -0.2) is 17.0 Å². The molecule has 0 aliphatic carbocycles. The van der Waals surface area contributed by atoms with Crippen molar-refractivity contribution in [3.8, 4) is 0 Å². The van der Waals surface area contributed by atoms with E-state index < -0.39 is 23.6 Å². The van der Waals surface area contributed by atoms with Crippen molar-refractivity contribution in [2.45, 2.75) is 6.18 Å². The first-order valence-electron chi connectivity index (χ1n) is 8.28. The number of carbonyl (C=O) groups excluding carboxylic acids is 1. The van der Waals surface area contributed by atoms with Crippen molar-refractivity contribution >= 4 is 34.9 Å². The van der Waals surface area contributed by atoms with Gasteiger partial charge < -0.3 is 5.11 Å². The Labute approximate surface area is 168 Å². The molecule has 0 bridgehead atoms. The number of amides is 1. The molecule has 0 atom stereocenters. The van der Waals surface area contributed by atoms with Gasteiger partial charge in [-0.05, 0) is 54.6 Å². The minimum absolute atomic E-state index is 0.0562. The zero-order valence-corrected chi connectivity index (χ0v) is 15.4. The number of para-hydroxylation sites is 1. The van der Waals surface area contributed by atoms with E-state index in [-0.39, 0.29) is 22.5 Å². The molecule has 1 N–H and O–H groups in total. The lowest BCUT2D eigenvalue weighted by Crippen LogP contribution is -2.28. The second-order valence-corrected chi connectivity index (χ2v) is 6.45. The second kappa shape index (κ2) is 7.97. The zero-order chi connectivity index (χ0) is 21.2. The van der Waals surface area contributed by atoms with Gasteiger partial charge in [-0.1, -0.05) is 29.8 Å². The standard InChI is InChI=1S/C21H13ClF3NO3/c22-15-10-8-13(9-11-15)19(27)26(18-7-2-1-6-17(18)20(28)29)16-5-3-4-14(12-16)21(23,24)25/h1-12H,(H,28,29). The van der Waals surface area contributed by atoms with Gasteiger partial charge in [0.1, 0.15) is 0 Å². The number of hydrogen-bond acceptors (Lipinski definition) is 2. The molecule has 0 fully saturated rings. The van der Waals surface area contributed by atoms with Crippen LogP contribution in [0.3, 0.4) is 0 Å². The molecule has 148 valence electrons. The Balaban J connectivity index is 2.22. The largest absolute Gasteiger partial charge is 0.478 e. The fraction of sp³-hybridized carbons (Fsp3) is 0.0476. The molecular formula is C21H13ClF3NO3. The summed E-state index contributed by atoms with van der Waals surface area (Å²) < 4.78 is 39.6. The molecule has 0 aromatic heterocycles. The summed E-state index contributed by atoms with van der Waals surface area (Å²) in [6.45, 7) is 0. The van der Waals surface area contributed by atoms with Gasteiger partial charge in [0.25, 0.3) is 5.91 Å². The normalized spacial score (nSPS) is 11.2. The van der Waals surface area contributed by atoms with Gasteiger partial charge in [-0.3, -0.25) is 9.69 Å². The van der Waals surface area contributed by atoms with Crippen LogP contribution in [0.4, 0.5) is 24.5 Å². The van der Waals surface area contributed by atoms with Crippen molar-refractivity contribution in [3.05, 3.63) is 94.5 Å². The third kappa shape index (κ3) is 4.41. The van der Waals surface area contributed by atoms with Crippen LogP contribution in [0.15, 0.2) is 72.8 Å². The molecule has 0 unspecified atom stereocenters. The van der Waals surface area contributed by atoms with Crippen LogP contribution in [0, 0.1) is 0 Å². The number of aromatic carboxylic acids is 1. The van der Waals surface area contributed by atoms with Crippen LogP contribution in [0.1, 0.15) is 26.3 Å². The van der Waals surface area contributed by atoms with Gasteiger partial charge in [-0.15, -0.1) is 0 Å². The van der Waals surface area contributed by atoms with E-state index in [9.17, 15) is 27.9 Å². The highest BCUT2D eigenvalue weighted by Crippen LogP contribution is 2.36. The predicted octanol–water partition coefficient (Wildman–Crippen LogP) is 6.04. The van der Waals surface area contributed by atoms with E-state index in [0.29, 0.717) is 5.02 Å². The molecule has 0 saturated carbocycles. The number of carbonyl (C=O) groups is 2. The minimum Gasteiger partial charge on any atom is -0.478 e. The summed E-state index contributed by atoms with van der Waals surface area (Å²) in [7, 11) is 0. The highest BCUT2D eigenvalue weighted by atomic mass is 35.5. The van der Waals surface area contributed by atoms with E-state index in [0.717, 1.165) is 23.1 Å². The van der Waals surface area contributed by atoms with Gasteiger partial charge in [-0.2, -0.15) is 13.2 Å². The number of halogens is 4. The Morgan fingerprint density at radius 1 is 0.897 bits per heavy atom. The van der Waals surface area contributed by atoms with E-state index >= 15 is 0 Å². The van der Waals surface area contributed by atoms with Crippen LogP contribution in [0.5, 0.6) is 0 Å². The van der Waals surface area contributed by atoms with Gasteiger partial charge in [0, 0.05) is 16.3 Å². The third-order valence-corrected chi connectivity index (χ3v) is 4.35. The summed E-state index contributed by atoms with van der Waals surface area (Å²) in [5, 5.41) is 9.87. The Kier molecular flexibility index (Phi) is 5.61. The molecule has 0 heterocycles. The van der Waals surface area contributed by atoms with Crippen LogP contribution in [0.2, 0.25) is 5.02 Å². The summed E-state index contributed by atoms with van der Waals surface area (Å²) in [5.41, 5.74) is -1.23.